The second kappa shape index (κ2) is 11.5. The number of nitrogens with zero attached hydrogens (tertiary/aromatic N) is 3. The third-order valence-electron chi connectivity index (χ3n) is 5.74. The van der Waals surface area contributed by atoms with Crippen LogP contribution < -0.4 is 15.4 Å². The van der Waals surface area contributed by atoms with Crippen LogP contribution in [-0.2, 0) is 0 Å². The molecule has 192 valence electrons. The molecule has 36 heavy (non-hydrogen) atoms. The van der Waals surface area contributed by atoms with E-state index in [1.165, 1.54) is 28.4 Å². The van der Waals surface area contributed by atoms with E-state index in [0.29, 0.717) is 66.3 Å². The van der Waals surface area contributed by atoms with E-state index in [0.717, 1.165) is 4.70 Å². The van der Waals surface area contributed by atoms with E-state index in [2.05, 4.69) is 20.5 Å². The van der Waals surface area contributed by atoms with Crippen LogP contribution in [0.4, 0.5) is 19.1 Å². The molecule has 3 aromatic rings. The average Bonchev–Trinajstić information content (AvgIpc) is 3.23. The van der Waals surface area contributed by atoms with Gasteiger partial charge in [0.25, 0.3) is 0 Å². The maximum absolute atomic E-state index is 13.9. The fraction of sp³-hybridized carbons (Fsp3) is 0.348. The van der Waals surface area contributed by atoms with Gasteiger partial charge in [-0.15, -0.1) is 0 Å². The minimum Gasteiger partial charge on any atom is -0.486 e. The molecule has 1 saturated heterocycles. The summed E-state index contributed by atoms with van der Waals surface area (Å²) in [5.41, 5.74) is 1.05. The zero-order chi connectivity index (χ0) is 25.8. The van der Waals surface area contributed by atoms with Gasteiger partial charge in [0.15, 0.2) is 5.13 Å². The molecular weight excluding hydrogens is 532 g/mol. The van der Waals surface area contributed by atoms with Gasteiger partial charge in [0.05, 0.1) is 15.2 Å². The summed E-state index contributed by atoms with van der Waals surface area (Å²) in [6, 6.07) is 7.55. The second-order valence-electron chi connectivity index (χ2n) is 8.16. The summed E-state index contributed by atoms with van der Waals surface area (Å²) in [6.07, 6.45) is -1.50. The number of halogens is 3. The maximum Gasteiger partial charge on any atom is 0.407 e. The number of nitrogens with one attached hydrogen (secondary N) is 2. The highest BCUT2D eigenvalue weighted by Gasteiger charge is 2.21. The van der Waals surface area contributed by atoms with E-state index in [1.54, 1.807) is 25.1 Å². The number of hydrogen-bond donors (Lipinski definition) is 3. The van der Waals surface area contributed by atoms with E-state index in [9.17, 15) is 14.0 Å². The lowest BCUT2D eigenvalue weighted by Crippen LogP contribution is -2.50. The van der Waals surface area contributed by atoms with Gasteiger partial charge in [-0.3, -0.25) is 10.2 Å². The molecule has 1 unspecified atom stereocenters. The number of carbonyl (C=O) groups excluding carboxylic acids is 1. The third-order valence-corrected chi connectivity index (χ3v) is 7.38. The Morgan fingerprint density at radius 3 is 2.69 bits per heavy atom. The molecule has 9 nitrogen and oxygen atoms in total. The SMILES string of the molecule is CC(Oc1ccc2nc(NC(=O)NCCN3CCN(C(=O)O)CC3)sc2c1)c1c(Cl)ccc(F)c1Cl. The molecule has 1 aliphatic heterocycles. The summed E-state index contributed by atoms with van der Waals surface area (Å²) in [7, 11) is 0. The molecule has 1 aliphatic rings. The Morgan fingerprint density at radius 2 is 1.97 bits per heavy atom. The first-order chi connectivity index (χ1) is 17.2. The predicted octanol–water partition coefficient (Wildman–Crippen LogP) is 5.30. The number of anilines is 1. The van der Waals surface area contributed by atoms with Crippen LogP contribution in [0.2, 0.25) is 10.0 Å². The summed E-state index contributed by atoms with van der Waals surface area (Å²) in [5.74, 6) is -0.0479. The Bertz CT molecular complexity index is 1270. The van der Waals surface area contributed by atoms with E-state index in [1.807, 2.05) is 0 Å². The van der Waals surface area contributed by atoms with Crippen LogP contribution in [0, 0.1) is 5.82 Å². The molecule has 0 bridgehead atoms. The summed E-state index contributed by atoms with van der Waals surface area (Å²) in [5, 5.41) is 15.2. The highest BCUT2D eigenvalue weighted by molar-refractivity contribution is 7.22. The summed E-state index contributed by atoms with van der Waals surface area (Å²) in [4.78, 5) is 31.2. The zero-order valence-corrected chi connectivity index (χ0v) is 21.6. The summed E-state index contributed by atoms with van der Waals surface area (Å²) < 4.78 is 20.6. The molecule has 1 atom stereocenters. The van der Waals surface area contributed by atoms with Crippen molar-refractivity contribution in [3.05, 3.63) is 51.8 Å². The smallest absolute Gasteiger partial charge is 0.407 e. The number of hydrogen-bond acceptors (Lipinski definition) is 6. The zero-order valence-electron chi connectivity index (χ0n) is 19.3. The lowest BCUT2D eigenvalue weighted by atomic mass is 10.1. The minimum atomic E-state index is -0.906. The summed E-state index contributed by atoms with van der Waals surface area (Å²) in [6.45, 7) is 4.96. The number of piperazine rings is 1. The largest absolute Gasteiger partial charge is 0.486 e. The molecule has 0 radical (unpaired) electrons. The highest BCUT2D eigenvalue weighted by atomic mass is 35.5. The van der Waals surface area contributed by atoms with Crippen molar-refractivity contribution >= 4 is 62.0 Å². The Balaban J connectivity index is 1.30. The summed E-state index contributed by atoms with van der Waals surface area (Å²) >= 11 is 13.6. The van der Waals surface area contributed by atoms with Crippen LogP contribution in [0.3, 0.4) is 0 Å². The highest BCUT2D eigenvalue weighted by Crippen LogP contribution is 2.36. The molecule has 2 heterocycles. The Kier molecular flexibility index (Phi) is 8.35. The van der Waals surface area contributed by atoms with Gasteiger partial charge in [0.2, 0.25) is 0 Å². The van der Waals surface area contributed by atoms with Crippen molar-refractivity contribution in [1.82, 2.24) is 20.1 Å². The topological polar surface area (TPSA) is 107 Å². The molecule has 0 spiro atoms. The number of fused-ring (bicyclic) bond motifs is 1. The average molecular weight is 556 g/mol. The lowest BCUT2D eigenvalue weighted by Gasteiger charge is -2.32. The number of urea groups is 1. The minimum absolute atomic E-state index is 0.0751. The Hall–Kier alpha value is -2.86. The first-order valence-corrected chi connectivity index (χ1v) is 12.7. The number of aromatic nitrogens is 1. The molecule has 1 aromatic heterocycles. The number of amides is 3. The fourth-order valence-electron chi connectivity index (χ4n) is 3.84. The van der Waals surface area contributed by atoms with Crippen molar-refractivity contribution in [3.63, 3.8) is 0 Å². The van der Waals surface area contributed by atoms with Gasteiger partial charge in [-0.1, -0.05) is 34.5 Å². The van der Waals surface area contributed by atoms with Crippen molar-refractivity contribution in [2.45, 2.75) is 13.0 Å². The van der Waals surface area contributed by atoms with Gasteiger partial charge in [0.1, 0.15) is 17.7 Å². The first-order valence-electron chi connectivity index (χ1n) is 11.2. The molecule has 0 aliphatic carbocycles. The van der Waals surface area contributed by atoms with Crippen LogP contribution in [0.1, 0.15) is 18.6 Å². The monoisotopic (exact) mass is 555 g/mol. The van der Waals surface area contributed by atoms with E-state index >= 15 is 0 Å². The van der Waals surface area contributed by atoms with Gasteiger partial charge >= 0.3 is 12.1 Å². The van der Waals surface area contributed by atoms with Crippen molar-refractivity contribution in [2.75, 3.05) is 44.6 Å². The molecule has 3 N–H and O–H groups in total. The number of thiazole rings is 1. The van der Waals surface area contributed by atoms with Gasteiger partial charge in [0, 0.05) is 49.9 Å². The molecule has 1 fully saturated rings. The van der Waals surface area contributed by atoms with Crippen molar-refractivity contribution in [2.24, 2.45) is 0 Å². The maximum atomic E-state index is 13.9. The van der Waals surface area contributed by atoms with Gasteiger partial charge < -0.3 is 20.1 Å². The van der Waals surface area contributed by atoms with Crippen LogP contribution in [0.5, 0.6) is 5.75 Å². The van der Waals surface area contributed by atoms with Crippen LogP contribution in [0.15, 0.2) is 30.3 Å². The molecule has 13 heteroatoms. The number of carboxylic acid groups (broad SMARTS) is 1. The molecule has 4 rings (SSSR count). The number of carbonyl (C=O) groups is 2. The van der Waals surface area contributed by atoms with Crippen LogP contribution >= 0.6 is 34.5 Å². The number of ether oxygens (including phenoxy) is 1. The molecule has 2 aromatic carbocycles. The van der Waals surface area contributed by atoms with E-state index < -0.39 is 18.0 Å². The number of benzene rings is 2. The standard InChI is InChI=1S/C23H24Cl2FN5O4S/c1-13(19-15(24)3-4-16(26)20(19)25)35-14-2-5-17-18(12-14)36-22(28-17)29-21(32)27-6-7-30-8-10-31(11-9-30)23(33)34/h2-5,12-13H,6-11H2,1H3,(H,33,34)(H2,27,28,29,32). The normalized spacial score (nSPS) is 15.1. The third kappa shape index (κ3) is 6.28. The van der Waals surface area contributed by atoms with Gasteiger partial charge in [-0.05, 0) is 37.3 Å². The quantitative estimate of drug-likeness (QED) is 0.341. The Labute approximate surface area is 220 Å². The fourth-order valence-corrected chi connectivity index (χ4v) is 5.41. The van der Waals surface area contributed by atoms with Gasteiger partial charge in [-0.25, -0.2) is 19.0 Å². The van der Waals surface area contributed by atoms with E-state index in [4.69, 9.17) is 33.0 Å². The second-order valence-corrected chi connectivity index (χ2v) is 9.97. The lowest BCUT2D eigenvalue weighted by molar-refractivity contribution is 0.106. The number of rotatable bonds is 7. The van der Waals surface area contributed by atoms with Crippen molar-refractivity contribution in [1.29, 1.82) is 0 Å². The van der Waals surface area contributed by atoms with Gasteiger partial charge in [-0.2, -0.15) is 0 Å². The first kappa shape index (κ1) is 26.2. The van der Waals surface area contributed by atoms with Crippen molar-refractivity contribution in [3.8, 4) is 5.75 Å². The van der Waals surface area contributed by atoms with Crippen molar-refractivity contribution < 1.29 is 23.8 Å². The predicted molar refractivity (Wildman–Crippen MR) is 138 cm³/mol. The van der Waals surface area contributed by atoms with Crippen LogP contribution in [0.25, 0.3) is 10.2 Å². The Morgan fingerprint density at radius 1 is 1.22 bits per heavy atom. The van der Waals surface area contributed by atoms with Crippen LogP contribution in [-0.4, -0.2) is 71.3 Å². The molecule has 0 saturated carbocycles. The molecule has 3 amide bonds. The molecular formula is C23H24Cl2FN5O4S. The van der Waals surface area contributed by atoms with E-state index in [-0.39, 0.29) is 11.1 Å².